The Bertz CT molecular complexity index is 482. The smallest absolute Gasteiger partial charge is 0.141 e. The van der Waals surface area contributed by atoms with Crippen LogP contribution in [0.15, 0.2) is 36.7 Å². The average Bonchev–Trinajstić information content (AvgIpc) is 2.38. The molecule has 0 unspecified atom stereocenters. The van der Waals surface area contributed by atoms with Gasteiger partial charge in [-0.3, -0.25) is 4.98 Å². The molecule has 0 saturated heterocycles. The van der Waals surface area contributed by atoms with E-state index in [1.165, 1.54) is 0 Å². The first-order valence-electron chi connectivity index (χ1n) is 5.61. The molecule has 0 atom stereocenters. The Labute approximate surface area is 100 Å². The monoisotopic (exact) mass is 229 g/mol. The summed E-state index contributed by atoms with van der Waals surface area (Å²) in [4.78, 5) is 8.29. The van der Waals surface area contributed by atoms with Crippen LogP contribution in [0.4, 0.5) is 5.82 Å². The molecular formula is C13H15N3O. The molecule has 0 radical (unpaired) electrons. The first-order chi connectivity index (χ1) is 8.31. The van der Waals surface area contributed by atoms with Crippen molar-refractivity contribution < 1.29 is 4.74 Å². The number of ether oxygens (including phenoxy) is 1. The Kier molecular flexibility index (Phi) is 3.55. The van der Waals surface area contributed by atoms with Gasteiger partial charge in [-0.15, -0.1) is 0 Å². The second-order valence-electron chi connectivity index (χ2n) is 3.67. The number of nitrogens with two attached hydrogens (primary N) is 1. The van der Waals surface area contributed by atoms with Crippen LogP contribution in [0.25, 0.3) is 11.3 Å². The molecule has 17 heavy (non-hydrogen) atoms. The molecule has 2 aromatic rings. The van der Waals surface area contributed by atoms with Crippen molar-refractivity contribution in [3.8, 4) is 17.0 Å². The third-order valence-electron chi connectivity index (χ3n) is 2.30. The third-order valence-corrected chi connectivity index (χ3v) is 2.30. The number of hydrogen-bond donors (Lipinski definition) is 1. The fourth-order valence-electron chi connectivity index (χ4n) is 1.49. The largest absolute Gasteiger partial charge is 0.493 e. The Morgan fingerprint density at radius 3 is 2.71 bits per heavy atom. The standard InChI is InChI=1S/C13H15N3O/c1-2-7-17-12-6-4-3-5-10(12)11-8-16-13(14)9-15-11/h3-6,8-9H,2,7H2,1H3,(H2,14,16). The van der Waals surface area contributed by atoms with Crippen LogP contribution < -0.4 is 10.5 Å². The summed E-state index contributed by atoms with van der Waals surface area (Å²) in [7, 11) is 0. The van der Waals surface area contributed by atoms with Crippen molar-refractivity contribution in [1.82, 2.24) is 9.97 Å². The second kappa shape index (κ2) is 5.30. The molecule has 0 amide bonds. The normalized spacial score (nSPS) is 10.2. The van der Waals surface area contributed by atoms with Gasteiger partial charge in [0, 0.05) is 5.56 Å². The van der Waals surface area contributed by atoms with E-state index < -0.39 is 0 Å². The molecule has 0 aliphatic rings. The number of aromatic nitrogens is 2. The zero-order chi connectivity index (χ0) is 12.1. The predicted molar refractivity (Wildman–Crippen MR) is 67.7 cm³/mol. The molecule has 2 N–H and O–H groups in total. The highest BCUT2D eigenvalue weighted by molar-refractivity contribution is 5.66. The molecule has 0 spiro atoms. The molecule has 1 aromatic carbocycles. The minimum Gasteiger partial charge on any atom is -0.493 e. The number of nitrogen functional groups attached to an aromatic ring is 1. The van der Waals surface area contributed by atoms with E-state index >= 15 is 0 Å². The molecule has 4 nitrogen and oxygen atoms in total. The van der Waals surface area contributed by atoms with E-state index in [4.69, 9.17) is 10.5 Å². The van der Waals surface area contributed by atoms with Gasteiger partial charge in [-0.2, -0.15) is 0 Å². The van der Waals surface area contributed by atoms with E-state index in [1.54, 1.807) is 12.4 Å². The van der Waals surface area contributed by atoms with E-state index in [0.717, 1.165) is 23.4 Å². The van der Waals surface area contributed by atoms with Crippen molar-refractivity contribution in [2.24, 2.45) is 0 Å². The molecular weight excluding hydrogens is 214 g/mol. The Morgan fingerprint density at radius 2 is 2.00 bits per heavy atom. The minimum atomic E-state index is 0.417. The lowest BCUT2D eigenvalue weighted by atomic mass is 10.1. The quantitative estimate of drug-likeness (QED) is 0.875. The molecule has 4 heteroatoms. The van der Waals surface area contributed by atoms with Crippen molar-refractivity contribution in [1.29, 1.82) is 0 Å². The van der Waals surface area contributed by atoms with Gasteiger partial charge in [-0.05, 0) is 18.6 Å². The number of nitrogens with zero attached hydrogens (tertiary/aromatic N) is 2. The van der Waals surface area contributed by atoms with Crippen LogP contribution in [0.1, 0.15) is 13.3 Å². The van der Waals surface area contributed by atoms with Gasteiger partial charge >= 0.3 is 0 Å². The second-order valence-corrected chi connectivity index (χ2v) is 3.67. The maximum Gasteiger partial charge on any atom is 0.141 e. The number of rotatable bonds is 4. The van der Waals surface area contributed by atoms with Gasteiger partial charge in [0.15, 0.2) is 0 Å². The highest BCUT2D eigenvalue weighted by Gasteiger charge is 2.06. The van der Waals surface area contributed by atoms with E-state index in [2.05, 4.69) is 16.9 Å². The molecule has 1 heterocycles. The van der Waals surface area contributed by atoms with Crippen LogP contribution in [-0.2, 0) is 0 Å². The fourth-order valence-corrected chi connectivity index (χ4v) is 1.49. The lowest BCUT2D eigenvalue weighted by Crippen LogP contribution is -1.98. The summed E-state index contributed by atoms with van der Waals surface area (Å²) in [5.41, 5.74) is 7.23. The number of para-hydroxylation sites is 1. The van der Waals surface area contributed by atoms with Crippen molar-refractivity contribution in [2.45, 2.75) is 13.3 Å². The van der Waals surface area contributed by atoms with Gasteiger partial charge in [-0.25, -0.2) is 4.98 Å². The minimum absolute atomic E-state index is 0.417. The molecule has 1 aromatic heterocycles. The molecule has 2 rings (SSSR count). The molecule has 0 aliphatic heterocycles. The van der Waals surface area contributed by atoms with E-state index in [9.17, 15) is 0 Å². The highest BCUT2D eigenvalue weighted by Crippen LogP contribution is 2.27. The van der Waals surface area contributed by atoms with Crippen LogP contribution in [0.5, 0.6) is 5.75 Å². The molecule has 0 fully saturated rings. The van der Waals surface area contributed by atoms with Crippen molar-refractivity contribution in [3.05, 3.63) is 36.7 Å². The summed E-state index contributed by atoms with van der Waals surface area (Å²) < 4.78 is 5.67. The predicted octanol–water partition coefficient (Wildman–Crippen LogP) is 2.51. The lowest BCUT2D eigenvalue weighted by molar-refractivity contribution is 0.318. The summed E-state index contributed by atoms with van der Waals surface area (Å²) in [5, 5.41) is 0. The lowest BCUT2D eigenvalue weighted by Gasteiger charge is -2.09. The Morgan fingerprint density at radius 1 is 1.18 bits per heavy atom. The van der Waals surface area contributed by atoms with Gasteiger partial charge in [0.2, 0.25) is 0 Å². The Balaban J connectivity index is 2.33. The van der Waals surface area contributed by atoms with E-state index in [0.29, 0.717) is 12.4 Å². The number of hydrogen-bond acceptors (Lipinski definition) is 4. The zero-order valence-electron chi connectivity index (χ0n) is 9.76. The fraction of sp³-hybridized carbons (Fsp3) is 0.231. The molecule has 88 valence electrons. The first-order valence-corrected chi connectivity index (χ1v) is 5.61. The molecule has 0 aliphatic carbocycles. The van der Waals surface area contributed by atoms with Crippen molar-refractivity contribution >= 4 is 5.82 Å². The van der Waals surface area contributed by atoms with Crippen LogP contribution in [0, 0.1) is 0 Å². The van der Waals surface area contributed by atoms with Crippen molar-refractivity contribution in [3.63, 3.8) is 0 Å². The molecule has 0 bridgehead atoms. The van der Waals surface area contributed by atoms with E-state index in [-0.39, 0.29) is 0 Å². The Hall–Kier alpha value is -2.10. The van der Waals surface area contributed by atoms with Crippen LogP contribution in [0.3, 0.4) is 0 Å². The highest BCUT2D eigenvalue weighted by atomic mass is 16.5. The van der Waals surface area contributed by atoms with Gasteiger partial charge in [0.05, 0.1) is 24.7 Å². The van der Waals surface area contributed by atoms with Crippen LogP contribution in [-0.4, -0.2) is 16.6 Å². The number of benzene rings is 1. The summed E-state index contributed by atoms with van der Waals surface area (Å²) >= 11 is 0. The van der Waals surface area contributed by atoms with Gasteiger partial charge in [0.1, 0.15) is 11.6 Å². The SMILES string of the molecule is CCCOc1ccccc1-c1cnc(N)cn1. The zero-order valence-corrected chi connectivity index (χ0v) is 9.76. The first kappa shape index (κ1) is 11.4. The maximum absolute atomic E-state index is 5.67. The van der Waals surface area contributed by atoms with E-state index in [1.807, 2.05) is 24.3 Å². The average molecular weight is 229 g/mol. The van der Waals surface area contributed by atoms with Gasteiger partial charge < -0.3 is 10.5 Å². The summed E-state index contributed by atoms with van der Waals surface area (Å²) in [5.74, 6) is 1.24. The van der Waals surface area contributed by atoms with Crippen LogP contribution >= 0.6 is 0 Å². The van der Waals surface area contributed by atoms with Gasteiger partial charge in [-0.1, -0.05) is 19.1 Å². The van der Waals surface area contributed by atoms with Crippen molar-refractivity contribution in [2.75, 3.05) is 12.3 Å². The molecule has 0 saturated carbocycles. The third kappa shape index (κ3) is 2.72. The van der Waals surface area contributed by atoms with Gasteiger partial charge in [0.25, 0.3) is 0 Å². The summed E-state index contributed by atoms with van der Waals surface area (Å²) in [6.07, 6.45) is 4.18. The summed E-state index contributed by atoms with van der Waals surface area (Å²) in [6.45, 7) is 2.77. The number of anilines is 1. The van der Waals surface area contributed by atoms with Crippen LogP contribution in [0.2, 0.25) is 0 Å². The topological polar surface area (TPSA) is 61.0 Å². The summed E-state index contributed by atoms with van der Waals surface area (Å²) in [6, 6.07) is 7.79. The maximum atomic E-state index is 5.67.